The van der Waals surface area contributed by atoms with Gasteiger partial charge in [0, 0.05) is 18.6 Å². The molecule has 1 aliphatic rings. The smallest absolute Gasteiger partial charge is 0.304 e. The Labute approximate surface area is 99.2 Å². The lowest BCUT2D eigenvalue weighted by molar-refractivity contribution is -0.139. The Hall–Kier alpha value is -1.42. The second-order valence-electron chi connectivity index (χ2n) is 4.44. The first-order valence-electron chi connectivity index (χ1n) is 5.69. The molecule has 0 aliphatic carbocycles. The van der Waals surface area contributed by atoms with Crippen molar-refractivity contribution in [2.75, 3.05) is 13.2 Å². The van der Waals surface area contributed by atoms with Crippen LogP contribution in [0.5, 0.6) is 0 Å². The molecule has 0 aromatic heterocycles. The van der Waals surface area contributed by atoms with E-state index in [1.165, 1.54) is 6.07 Å². The fourth-order valence-electron chi connectivity index (χ4n) is 2.48. The lowest BCUT2D eigenvalue weighted by Crippen LogP contribution is -2.36. The zero-order chi connectivity index (χ0) is 12.3. The highest BCUT2D eigenvalue weighted by Crippen LogP contribution is 2.39. The standard InChI is InChI=1S/C13H15FO3/c14-11-4-2-1-3-10(11)13(9-12(15)16)5-7-17-8-6-13/h1-4H,5-9H2,(H,15,16). The van der Waals surface area contributed by atoms with Crippen LogP contribution in [0.25, 0.3) is 0 Å². The molecule has 3 nitrogen and oxygen atoms in total. The molecular formula is C13H15FO3. The molecule has 2 rings (SSSR count). The van der Waals surface area contributed by atoms with Crippen LogP contribution in [0.3, 0.4) is 0 Å². The lowest BCUT2D eigenvalue weighted by Gasteiger charge is -2.36. The van der Waals surface area contributed by atoms with E-state index in [1.54, 1.807) is 18.2 Å². The minimum atomic E-state index is -0.893. The molecule has 1 heterocycles. The Morgan fingerprint density at radius 1 is 1.35 bits per heavy atom. The lowest BCUT2D eigenvalue weighted by atomic mass is 9.71. The second kappa shape index (κ2) is 4.84. The van der Waals surface area contributed by atoms with E-state index in [-0.39, 0.29) is 12.2 Å². The van der Waals surface area contributed by atoms with E-state index in [1.807, 2.05) is 0 Å². The van der Waals surface area contributed by atoms with Crippen LogP contribution in [0.2, 0.25) is 0 Å². The predicted octanol–water partition coefficient (Wildman–Crippen LogP) is 2.35. The Morgan fingerprint density at radius 3 is 2.59 bits per heavy atom. The summed E-state index contributed by atoms with van der Waals surface area (Å²) >= 11 is 0. The molecule has 4 heteroatoms. The van der Waals surface area contributed by atoms with Gasteiger partial charge in [0.1, 0.15) is 5.82 Å². The molecule has 0 spiro atoms. The van der Waals surface area contributed by atoms with Crippen LogP contribution >= 0.6 is 0 Å². The van der Waals surface area contributed by atoms with Crippen molar-refractivity contribution in [3.05, 3.63) is 35.6 Å². The molecule has 1 fully saturated rings. The summed E-state index contributed by atoms with van der Waals surface area (Å²) in [5, 5.41) is 9.02. The van der Waals surface area contributed by atoms with Crippen LogP contribution in [0, 0.1) is 5.82 Å². The van der Waals surface area contributed by atoms with Crippen molar-refractivity contribution in [2.24, 2.45) is 0 Å². The van der Waals surface area contributed by atoms with Crippen molar-refractivity contribution in [2.45, 2.75) is 24.7 Å². The number of halogens is 1. The van der Waals surface area contributed by atoms with Gasteiger partial charge in [-0.2, -0.15) is 0 Å². The van der Waals surface area contributed by atoms with Crippen LogP contribution in [-0.2, 0) is 14.9 Å². The first-order valence-corrected chi connectivity index (χ1v) is 5.69. The molecule has 17 heavy (non-hydrogen) atoms. The molecule has 1 aromatic carbocycles. The highest BCUT2D eigenvalue weighted by molar-refractivity contribution is 5.69. The zero-order valence-corrected chi connectivity index (χ0v) is 9.49. The number of carboxylic acid groups (broad SMARTS) is 1. The van der Waals surface area contributed by atoms with Crippen LogP contribution < -0.4 is 0 Å². The fraction of sp³-hybridized carbons (Fsp3) is 0.462. The molecule has 1 aromatic rings. The maximum absolute atomic E-state index is 13.8. The van der Waals surface area contributed by atoms with Crippen molar-refractivity contribution in [1.82, 2.24) is 0 Å². The number of carbonyl (C=O) groups is 1. The topological polar surface area (TPSA) is 46.5 Å². The molecule has 0 unspecified atom stereocenters. The van der Waals surface area contributed by atoms with Gasteiger partial charge in [-0.3, -0.25) is 4.79 Å². The van der Waals surface area contributed by atoms with E-state index in [2.05, 4.69) is 0 Å². The zero-order valence-electron chi connectivity index (χ0n) is 9.49. The van der Waals surface area contributed by atoms with Crippen LogP contribution in [0.15, 0.2) is 24.3 Å². The molecule has 1 N–H and O–H groups in total. The molecule has 0 bridgehead atoms. The van der Waals surface area contributed by atoms with Gasteiger partial charge >= 0.3 is 5.97 Å². The summed E-state index contributed by atoms with van der Waals surface area (Å²) in [4.78, 5) is 11.0. The number of hydrogen-bond donors (Lipinski definition) is 1. The third-order valence-corrected chi connectivity index (χ3v) is 3.38. The van der Waals surface area contributed by atoms with Crippen LogP contribution in [0.4, 0.5) is 4.39 Å². The van der Waals surface area contributed by atoms with Gasteiger partial charge in [0.05, 0.1) is 6.42 Å². The van der Waals surface area contributed by atoms with Gasteiger partial charge in [-0.15, -0.1) is 0 Å². The summed E-state index contributed by atoms with van der Waals surface area (Å²) in [6.07, 6.45) is 1.07. The van der Waals surface area contributed by atoms with E-state index in [0.29, 0.717) is 31.6 Å². The summed E-state index contributed by atoms with van der Waals surface area (Å²) < 4.78 is 19.1. The first kappa shape index (κ1) is 12.0. The van der Waals surface area contributed by atoms with E-state index in [4.69, 9.17) is 9.84 Å². The maximum Gasteiger partial charge on any atom is 0.304 e. The minimum absolute atomic E-state index is 0.0444. The Kier molecular flexibility index (Phi) is 3.43. The van der Waals surface area contributed by atoms with Crippen molar-refractivity contribution in [1.29, 1.82) is 0 Å². The van der Waals surface area contributed by atoms with Crippen LogP contribution in [-0.4, -0.2) is 24.3 Å². The molecular weight excluding hydrogens is 223 g/mol. The number of benzene rings is 1. The first-order chi connectivity index (χ1) is 8.14. The summed E-state index contributed by atoms with van der Waals surface area (Å²) in [6, 6.07) is 6.43. The van der Waals surface area contributed by atoms with E-state index in [9.17, 15) is 9.18 Å². The Balaban J connectivity index is 2.39. The van der Waals surface area contributed by atoms with Crippen molar-refractivity contribution < 1.29 is 19.0 Å². The molecule has 0 radical (unpaired) electrons. The van der Waals surface area contributed by atoms with Gasteiger partial charge in [-0.1, -0.05) is 18.2 Å². The summed E-state index contributed by atoms with van der Waals surface area (Å²) in [5.41, 5.74) is -0.110. The van der Waals surface area contributed by atoms with Crippen molar-refractivity contribution >= 4 is 5.97 Å². The average molecular weight is 238 g/mol. The Morgan fingerprint density at radius 2 is 2.00 bits per heavy atom. The minimum Gasteiger partial charge on any atom is -0.481 e. The second-order valence-corrected chi connectivity index (χ2v) is 4.44. The van der Waals surface area contributed by atoms with E-state index in [0.717, 1.165) is 0 Å². The third-order valence-electron chi connectivity index (χ3n) is 3.38. The summed E-state index contributed by atoms with van der Waals surface area (Å²) in [6.45, 7) is 0.975. The number of carboxylic acids is 1. The largest absolute Gasteiger partial charge is 0.481 e. The molecule has 1 aliphatic heterocycles. The van der Waals surface area contributed by atoms with Gasteiger partial charge < -0.3 is 9.84 Å². The van der Waals surface area contributed by atoms with Crippen molar-refractivity contribution in [3.63, 3.8) is 0 Å². The molecule has 0 saturated carbocycles. The number of hydrogen-bond acceptors (Lipinski definition) is 2. The molecule has 0 amide bonds. The number of aliphatic carboxylic acids is 1. The quantitative estimate of drug-likeness (QED) is 0.879. The van der Waals surface area contributed by atoms with E-state index >= 15 is 0 Å². The van der Waals surface area contributed by atoms with Gasteiger partial charge in [-0.25, -0.2) is 4.39 Å². The fourth-order valence-corrected chi connectivity index (χ4v) is 2.48. The van der Waals surface area contributed by atoms with E-state index < -0.39 is 11.4 Å². The van der Waals surface area contributed by atoms with Crippen LogP contribution in [0.1, 0.15) is 24.8 Å². The Bertz CT molecular complexity index is 411. The van der Waals surface area contributed by atoms with Gasteiger partial charge in [0.15, 0.2) is 0 Å². The maximum atomic E-state index is 13.8. The highest BCUT2D eigenvalue weighted by Gasteiger charge is 2.38. The van der Waals surface area contributed by atoms with Gasteiger partial charge in [0.25, 0.3) is 0 Å². The highest BCUT2D eigenvalue weighted by atomic mass is 19.1. The molecule has 92 valence electrons. The van der Waals surface area contributed by atoms with Crippen molar-refractivity contribution in [3.8, 4) is 0 Å². The SMILES string of the molecule is O=C(O)CC1(c2ccccc2F)CCOCC1. The molecule has 0 atom stereocenters. The summed E-state index contributed by atoms with van der Waals surface area (Å²) in [7, 11) is 0. The number of rotatable bonds is 3. The predicted molar refractivity (Wildman–Crippen MR) is 60.4 cm³/mol. The third kappa shape index (κ3) is 2.47. The summed E-state index contributed by atoms with van der Waals surface area (Å²) in [5.74, 6) is -1.22. The molecule has 1 saturated heterocycles. The number of ether oxygens (including phenoxy) is 1. The van der Waals surface area contributed by atoms with Gasteiger partial charge in [-0.05, 0) is 24.5 Å². The average Bonchev–Trinajstić information content (AvgIpc) is 2.29. The normalized spacial score (nSPS) is 18.9. The monoisotopic (exact) mass is 238 g/mol. The van der Waals surface area contributed by atoms with Gasteiger partial charge in [0.2, 0.25) is 0 Å².